The molecular formula is C23H21FN4O2S. The molecule has 0 aliphatic carbocycles. The van der Waals surface area contributed by atoms with Gasteiger partial charge in [0.15, 0.2) is 22.5 Å². The standard InChI is InChI=1S/C23H21FN4O2S/c1-3-13-28-21(14-29-20-12-8-7-11-18(20)24)26-27-23(28)31-15-19-16(2)30-22(25-19)17-9-5-4-6-10-17/h3-12H,1,13-15H2,2H3. The lowest BCUT2D eigenvalue weighted by molar-refractivity contribution is 0.275. The molecule has 2 aromatic heterocycles. The molecule has 0 unspecified atom stereocenters. The van der Waals surface area contributed by atoms with Crippen molar-refractivity contribution in [2.75, 3.05) is 0 Å². The summed E-state index contributed by atoms with van der Waals surface area (Å²) >= 11 is 1.50. The number of nitrogens with zero attached hydrogens (tertiary/aromatic N) is 4. The number of ether oxygens (including phenoxy) is 1. The van der Waals surface area contributed by atoms with E-state index in [1.54, 1.807) is 24.3 Å². The zero-order chi connectivity index (χ0) is 21.6. The molecule has 0 aliphatic heterocycles. The molecule has 158 valence electrons. The normalized spacial score (nSPS) is 10.9. The van der Waals surface area contributed by atoms with Crippen LogP contribution < -0.4 is 4.74 Å². The number of hydrogen-bond donors (Lipinski definition) is 0. The minimum Gasteiger partial charge on any atom is -0.483 e. The molecule has 0 spiro atoms. The number of aromatic nitrogens is 4. The van der Waals surface area contributed by atoms with Crippen LogP contribution in [0.3, 0.4) is 0 Å². The van der Waals surface area contributed by atoms with E-state index < -0.39 is 5.82 Å². The molecule has 8 heteroatoms. The van der Waals surface area contributed by atoms with Gasteiger partial charge in [-0.2, -0.15) is 0 Å². The molecule has 0 atom stereocenters. The average Bonchev–Trinajstić information content (AvgIpc) is 3.35. The summed E-state index contributed by atoms with van der Waals surface area (Å²) in [7, 11) is 0. The molecule has 0 fully saturated rings. The van der Waals surface area contributed by atoms with E-state index in [1.807, 2.05) is 41.8 Å². The number of aryl methyl sites for hydroxylation is 1. The van der Waals surface area contributed by atoms with Gasteiger partial charge < -0.3 is 9.15 Å². The highest BCUT2D eigenvalue weighted by Crippen LogP contribution is 2.27. The van der Waals surface area contributed by atoms with Gasteiger partial charge in [-0.05, 0) is 31.2 Å². The van der Waals surface area contributed by atoms with Gasteiger partial charge in [0.2, 0.25) is 5.89 Å². The van der Waals surface area contributed by atoms with Crippen molar-refractivity contribution in [2.45, 2.75) is 31.0 Å². The fraction of sp³-hybridized carbons (Fsp3) is 0.174. The summed E-state index contributed by atoms with van der Waals surface area (Å²) in [6.45, 7) is 6.32. The van der Waals surface area contributed by atoms with Gasteiger partial charge in [-0.25, -0.2) is 9.37 Å². The molecule has 6 nitrogen and oxygen atoms in total. The Kier molecular flexibility index (Phi) is 6.47. The fourth-order valence-electron chi connectivity index (χ4n) is 2.95. The second-order valence-electron chi connectivity index (χ2n) is 6.69. The number of oxazole rings is 1. The van der Waals surface area contributed by atoms with Crippen molar-refractivity contribution in [3.05, 3.63) is 90.3 Å². The first-order valence-electron chi connectivity index (χ1n) is 9.70. The van der Waals surface area contributed by atoms with Gasteiger partial charge in [0.25, 0.3) is 0 Å². The molecule has 0 radical (unpaired) electrons. The van der Waals surface area contributed by atoms with Crippen molar-refractivity contribution in [3.63, 3.8) is 0 Å². The van der Waals surface area contributed by atoms with E-state index in [0.29, 0.717) is 29.2 Å². The Morgan fingerprint density at radius 2 is 1.90 bits per heavy atom. The average molecular weight is 437 g/mol. The topological polar surface area (TPSA) is 66.0 Å². The molecule has 0 saturated carbocycles. The van der Waals surface area contributed by atoms with E-state index >= 15 is 0 Å². The smallest absolute Gasteiger partial charge is 0.226 e. The highest BCUT2D eigenvalue weighted by Gasteiger charge is 2.16. The Morgan fingerprint density at radius 3 is 2.68 bits per heavy atom. The molecule has 0 aliphatic rings. The Morgan fingerprint density at radius 1 is 1.13 bits per heavy atom. The number of benzene rings is 2. The van der Waals surface area contributed by atoms with Crippen molar-refractivity contribution >= 4 is 11.8 Å². The van der Waals surface area contributed by atoms with Crippen molar-refractivity contribution in [2.24, 2.45) is 0 Å². The van der Waals surface area contributed by atoms with E-state index in [0.717, 1.165) is 17.0 Å². The van der Waals surface area contributed by atoms with Gasteiger partial charge in [-0.3, -0.25) is 4.57 Å². The lowest BCUT2D eigenvalue weighted by Crippen LogP contribution is -2.08. The number of rotatable bonds is 9. The van der Waals surface area contributed by atoms with E-state index in [4.69, 9.17) is 9.15 Å². The Labute approximate surface area is 183 Å². The first kappa shape index (κ1) is 20.9. The molecule has 4 rings (SSSR count). The molecule has 0 amide bonds. The second kappa shape index (κ2) is 9.61. The first-order chi connectivity index (χ1) is 15.2. The predicted octanol–water partition coefficient (Wildman–Crippen LogP) is 5.44. The van der Waals surface area contributed by atoms with Crippen molar-refractivity contribution in [3.8, 4) is 17.2 Å². The zero-order valence-corrected chi connectivity index (χ0v) is 17.8. The van der Waals surface area contributed by atoms with Crippen LogP contribution >= 0.6 is 11.8 Å². The maximum atomic E-state index is 13.8. The third kappa shape index (κ3) is 4.86. The summed E-state index contributed by atoms with van der Waals surface area (Å²) in [6.07, 6.45) is 1.76. The molecule has 4 aromatic rings. The van der Waals surface area contributed by atoms with E-state index in [1.165, 1.54) is 17.8 Å². The number of thioether (sulfide) groups is 1. The summed E-state index contributed by atoms with van der Waals surface area (Å²) in [5.74, 6) is 2.29. The van der Waals surface area contributed by atoms with Gasteiger partial charge in [-0.15, -0.1) is 16.8 Å². The van der Waals surface area contributed by atoms with Crippen LogP contribution in [-0.2, 0) is 18.9 Å². The summed E-state index contributed by atoms with van der Waals surface area (Å²) in [4.78, 5) is 4.63. The van der Waals surface area contributed by atoms with E-state index in [2.05, 4.69) is 21.8 Å². The number of para-hydroxylation sites is 1. The monoisotopic (exact) mass is 436 g/mol. The van der Waals surface area contributed by atoms with Crippen LogP contribution in [0.25, 0.3) is 11.5 Å². The Balaban J connectivity index is 1.47. The molecule has 0 saturated heterocycles. The molecule has 0 N–H and O–H groups in total. The third-order valence-corrected chi connectivity index (χ3v) is 5.53. The highest BCUT2D eigenvalue weighted by molar-refractivity contribution is 7.98. The van der Waals surface area contributed by atoms with Crippen molar-refractivity contribution in [1.29, 1.82) is 0 Å². The Bertz CT molecular complexity index is 1170. The van der Waals surface area contributed by atoms with E-state index in [9.17, 15) is 4.39 Å². The number of halogens is 1. The van der Waals surface area contributed by atoms with Gasteiger partial charge in [0, 0.05) is 17.9 Å². The van der Waals surface area contributed by atoms with Crippen LogP contribution in [0.2, 0.25) is 0 Å². The zero-order valence-electron chi connectivity index (χ0n) is 17.0. The van der Waals surface area contributed by atoms with Gasteiger partial charge in [0.05, 0.1) is 5.69 Å². The number of allylic oxidation sites excluding steroid dienone is 1. The maximum absolute atomic E-state index is 13.8. The van der Waals surface area contributed by atoms with Gasteiger partial charge >= 0.3 is 0 Å². The SMILES string of the molecule is C=CCn1c(COc2ccccc2F)nnc1SCc1nc(-c2ccccc2)oc1C. The van der Waals surface area contributed by atoms with Gasteiger partial charge in [-0.1, -0.05) is 48.2 Å². The summed E-state index contributed by atoms with van der Waals surface area (Å²) in [6, 6.07) is 16.1. The summed E-state index contributed by atoms with van der Waals surface area (Å²) < 4.78 is 27.1. The summed E-state index contributed by atoms with van der Waals surface area (Å²) in [5.41, 5.74) is 1.78. The number of hydrogen-bond acceptors (Lipinski definition) is 6. The highest BCUT2D eigenvalue weighted by atomic mass is 32.2. The lowest BCUT2D eigenvalue weighted by Gasteiger charge is -2.09. The molecule has 2 aromatic carbocycles. The molecule has 0 bridgehead atoms. The lowest BCUT2D eigenvalue weighted by atomic mass is 10.2. The van der Waals surface area contributed by atoms with Crippen LogP contribution in [0.4, 0.5) is 4.39 Å². The Hall–Kier alpha value is -3.39. The van der Waals surface area contributed by atoms with Crippen LogP contribution in [0.15, 0.2) is 76.8 Å². The largest absolute Gasteiger partial charge is 0.483 e. The predicted molar refractivity (Wildman–Crippen MR) is 117 cm³/mol. The molecule has 31 heavy (non-hydrogen) atoms. The van der Waals surface area contributed by atoms with Crippen LogP contribution in [-0.4, -0.2) is 19.7 Å². The molecular weight excluding hydrogens is 415 g/mol. The maximum Gasteiger partial charge on any atom is 0.226 e. The van der Waals surface area contributed by atoms with E-state index in [-0.39, 0.29) is 12.4 Å². The minimum atomic E-state index is -0.414. The van der Waals surface area contributed by atoms with Crippen LogP contribution in [0.1, 0.15) is 17.3 Å². The van der Waals surface area contributed by atoms with Crippen molar-refractivity contribution < 1.29 is 13.5 Å². The minimum absolute atomic E-state index is 0.101. The van der Waals surface area contributed by atoms with Crippen LogP contribution in [0.5, 0.6) is 5.75 Å². The quantitative estimate of drug-likeness (QED) is 0.257. The van der Waals surface area contributed by atoms with Gasteiger partial charge in [0.1, 0.15) is 12.4 Å². The second-order valence-corrected chi connectivity index (χ2v) is 7.64. The third-order valence-electron chi connectivity index (χ3n) is 4.55. The summed E-state index contributed by atoms with van der Waals surface area (Å²) in [5, 5.41) is 9.20. The van der Waals surface area contributed by atoms with Crippen LogP contribution in [0, 0.1) is 12.7 Å². The fourth-order valence-corrected chi connectivity index (χ4v) is 3.92. The first-order valence-corrected chi connectivity index (χ1v) is 10.7. The molecule has 2 heterocycles. The van der Waals surface area contributed by atoms with Crippen molar-refractivity contribution in [1.82, 2.24) is 19.7 Å².